The molecule has 7 heteroatoms. The zero-order valence-electron chi connectivity index (χ0n) is 13.7. The zero-order chi connectivity index (χ0) is 17.2. The van der Waals surface area contributed by atoms with Gasteiger partial charge in [0.2, 0.25) is 0 Å². The smallest absolute Gasteiger partial charge is 0.407 e. The van der Waals surface area contributed by atoms with Crippen molar-refractivity contribution in [1.82, 2.24) is 10.3 Å². The number of H-pyrrole nitrogens is 1. The summed E-state index contributed by atoms with van der Waals surface area (Å²) in [6.45, 7) is 7.27. The first kappa shape index (κ1) is 16.8. The molecule has 2 N–H and O–H groups in total. The van der Waals surface area contributed by atoms with Crippen molar-refractivity contribution < 1.29 is 14.5 Å². The van der Waals surface area contributed by atoms with Gasteiger partial charge in [-0.3, -0.25) is 10.1 Å². The summed E-state index contributed by atoms with van der Waals surface area (Å²) < 4.78 is 5.22. The van der Waals surface area contributed by atoms with E-state index in [1.54, 1.807) is 32.9 Å². The van der Waals surface area contributed by atoms with Crippen LogP contribution in [0.25, 0.3) is 10.9 Å². The minimum atomic E-state index is -0.550. The predicted octanol–water partition coefficient (Wildman–Crippen LogP) is 3.53. The first-order valence-electron chi connectivity index (χ1n) is 7.39. The Bertz CT molecular complexity index is 730. The van der Waals surface area contributed by atoms with E-state index < -0.39 is 16.6 Å². The molecule has 1 unspecified atom stereocenters. The average molecular weight is 319 g/mol. The number of carbonyl (C=O) groups excluding carboxylic acids is 1. The molecule has 7 nitrogen and oxygen atoms in total. The SMILES string of the molecule is CC(Cc1c[nH]c2ccc([N+](=O)[O-])cc12)NC(=O)OC(C)(C)C. The largest absolute Gasteiger partial charge is 0.444 e. The number of nitrogens with zero attached hydrogens (tertiary/aromatic N) is 1. The standard InChI is InChI=1S/C16H21N3O4/c1-10(18-15(20)23-16(2,3)4)7-11-9-17-14-6-5-12(19(21)22)8-13(11)14/h5-6,8-10,17H,7H2,1-4H3,(H,18,20). The van der Waals surface area contributed by atoms with Gasteiger partial charge in [0, 0.05) is 35.3 Å². The first-order chi connectivity index (χ1) is 10.7. The van der Waals surface area contributed by atoms with Crippen LogP contribution in [0.5, 0.6) is 0 Å². The molecule has 0 radical (unpaired) electrons. The highest BCUT2D eigenvalue weighted by Gasteiger charge is 2.19. The number of alkyl carbamates (subject to hydrolysis) is 1. The molecule has 0 saturated heterocycles. The minimum Gasteiger partial charge on any atom is -0.444 e. The number of nitro groups is 1. The third-order valence-corrected chi connectivity index (χ3v) is 3.25. The van der Waals surface area contributed by atoms with Crippen LogP contribution >= 0.6 is 0 Å². The molecule has 23 heavy (non-hydrogen) atoms. The van der Waals surface area contributed by atoms with Crippen molar-refractivity contribution in [3.63, 3.8) is 0 Å². The molecule has 1 atom stereocenters. The lowest BCUT2D eigenvalue weighted by atomic mass is 10.1. The van der Waals surface area contributed by atoms with Gasteiger partial charge in [-0.1, -0.05) is 0 Å². The third-order valence-electron chi connectivity index (χ3n) is 3.25. The van der Waals surface area contributed by atoms with Gasteiger partial charge in [-0.2, -0.15) is 0 Å². The maximum Gasteiger partial charge on any atom is 0.407 e. The predicted molar refractivity (Wildman–Crippen MR) is 87.5 cm³/mol. The highest BCUT2D eigenvalue weighted by Crippen LogP contribution is 2.24. The van der Waals surface area contributed by atoms with Crippen molar-refractivity contribution in [2.45, 2.75) is 45.8 Å². The van der Waals surface area contributed by atoms with Crippen molar-refractivity contribution >= 4 is 22.7 Å². The van der Waals surface area contributed by atoms with Gasteiger partial charge in [0.15, 0.2) is 0 Å². The molecule has 0 aliphatic heterocycles. The van der Waals surface area contributed by atoms with Gasteiger partial charge >= 0.3 is 6.09 Å². The first-order valence-corrected chi connectivity index (χ1v) is 7.39. The lowest BCUT2D eigenvalue weighted by Crippen LogP contribution is -2.38. The molecule has 1 aromatic heterocycles. The molecule has 0 bridgehead atoms. The summed E-state index contributed by atoms with van der Waals surface area (Å²) in [6, 6.07) is 4.53. The van der Waals surface area contributed by atoms with E-state index in [1.807, 2.05) is 13.1 Å². The maximum absolute atomic E-state index is 11.8. The maximum atomic E-state index is 11.8. The molecule has 124 valence electrons. The number of non-ortho nitro benzene ring substituents is 1. The number of fused-ring (bicyclic) bond motifs is 1. The quantitative estimate of drug-likeness (QED) is 0.665. The second kappa shape index (κ2) is 6.28. The van der Waals surface area contributed by atoms with Gasteiger partial charge in [0.25, 0.3) is 5.69 Å². The van der Waals surface area contributed by atoms with Crippen LogP contribution in [0, 0.1) is 10.1 Å². The van der Waals surface area contributed by atoms with Crippen molar-refractivity contribution in [3.8, 4) is 0 Å². The Hall–Kier alpha value is -2.57. The molecule has 0 fully saturated rings. The van der Waals surface area contributed by atoms with Gasteiger partial charge < -0.3 is 15.0 Å². The highest BCUT2D eigenvalue weighted by atomic mass is 16.6. The Labute approximate surface area is 134 Å². The van der Waals surface area contributed by atoms with E-state index in [2.05, 4.69) is 10.3 Å². The average Bonchev–Trinajstić information content (AvgIpc) is 2.78. The number of carbonyl (C=O) groups is 1. The summed E-state index contributed by atoms with van der Waals surface area (Å²) in [5.41, 5.74) is 1.24. The van der Waals surface area contributed by atoms with E-state index in [0.29, 0.717) is 6.42 Å². The third kappa shape index (κ3) is 4.45. The van der Waals surface area contributed by atoms with E-state index in [1.165, 1.54) is 6.07 Å². The van der Waals surface area contributed by atoms with E-state index in [4.69, 9.17) is 4.74 Å². The minimum absolute atomic E-state index is 0.0473. The number of aromatic amines is 1. The normalized spacial score (nSPS) is 12.9. The van der Waals surface area contributed by atoms with Gasteiger partial charge in [0.05, 0.1) is 4.92 Å². The van der Waals surface area contributed by atoms with Crippen LogP contribution in [0.3, 0.4) is 0 Å². The summed E-state index contributed by atoms with van der Waals surface area (Å²) in [7, 11) is 0. The Kier molecular flexibility index (Phi) is 4.58. The zero-order valence-corrected chi connectivity index (χ0v) is 13.7. The van der Waals surface area contributed by atoms with Gasteiger partial charge in [-0.05, 0) is 45.7 Å². The van der Waals surface area contributed by atoms with Crippen molar-refractivity contribution in [2.75, 3.05) is 0 Å². The van der Waals surface area contributed by atoms with E-state index >= 15 is 0 Å². The number of rotatable bonds is 4. The van der Waals surface area contributed by atoms with Gasteiger partial charge in [-0.15, -0.1) is 0 Å². The van der Waals surface area contributed by atoms with E-state index in [-0.39, 0.29) is 11.7 Å². The van der Waals surface area contributed by atoms with Crippen molar-refractivity contribution in [2.24, 2.45) is 0 Å². The van der Waals surface area contributed by atoms with Gasteiger partial charge in [0.1, 0.15) is 5.60 Å². The molecule has 0 spiro atoms. The topological polar surface area (TPSA) is 97.3 Å². The number of nitrogens with one attached hydrogen (secondary N) is 2. The van der Waals surface area contributed by atoms with Crippen LogP contribution in [0.1, 0.15) is 33.3 Å². The van der Waals surface area contributed by atoms with Crippen molar-refractivity contribution in [3.05, 3.63) is 40.1 Å². The Balaban J connectivity index is 2.10. The van der Waals surface area contributed by atoms with Crippen LogP contribution in [-0.2, 0) is 11.2 Å². The number of nitro benzene ring substituents is 1. The molecule has 0 aliphatic rings. The number of ether oxygens (including phenoxy) is 1. The monoisotopic (exact) mass is 319 g/mol. The fourth-order valence-corrected chi connectivity index (χ4v) is 2.34. The number of amides is 1. The molecule has 2 aromatic rings. The van der Waals surface area contributed by atoms with Crippen LogP contribution in [0.15, 0.2) is 24.4 Å². The molecule has 0 aliphatic carbocycles. The number of benzene rings is 1. The fraction of sp³-hybridized carbons (Fsp3) is 0.438. The Morgan fingerprint density at radius 2 is 2.13 bits per heavy atom. The molecule has 0 saturated carbocycles. The molecule has 1 amide bonds. The van der Waals surface area contributed by atoms with E-state index in [0.717, 1.165) is 16.5 Å². The second-order valence-corrected chi connectivity index (χ2v) is 6.55. The number of hydrogen-bond donors (Lipinski definition) is 2. The molecule has 1 aromatic carbocycles. The molecule has 2 rings (SSSR count). The second-order valence-electron chi connectivity index (χ2n) is 6.55. The highest BCUT2D eigenvalue weighted by molar-refractivity contribution is 5.85. The lowest BCUT2D eigenvalue weighted by molar-refractivity contribution is -0.384. The van der Waals surface area contributed by atoms with Crippen LogP contribution in [0.2, 0.25) is 0 Å². The Morgan fingerprint density at radius 3 is 2.74 bits per heavy atom. The summed E-state index contributed by atoms with van der Waals surface area (Å²) in [5.74, 6) is 0. The van der Waals surface area contributed by atoms with E-state index in [9.17, 15) is 14.9 Å². The lowest BCUT2D eigenvalue weighted by Gasteiger charge is -2.21. The molecule has 1 heterocycles. The molecular formula is C16H21N3O4. The van der Waals surface area contributed by atoms with Crippen LogP contribution in [0.4, 0.5) is 10.5 Å². The summed E-state index contributed by atoms with van der Waals surface area (Å²) in [4.78, 5) is 25.3. The summed E-state index contributed by atoms with van der Waals surface area (Å²) >= 11 is 0. The summed E-state index contributed by atoms with van der Waals surface area (Å²) in [5, 5.41) is 14.5. The Morgan fingerprint density at radius 1 is 1.43 bits per heavy atom. The summed E-state index contributed by atoms with van der Waals surface area (Å²) in [6.07, 6.45) is 1.87. The van der Waals surface area contributed by atoms with Gasteiger partial charge in [-0.25, -0.2) is 4.79 Å². The fourth-order valence-electron chi connectivity index (χ4n) is 2.34. The number of aromatic nitrogens is 1. The van der Waals surface area contributed by atoms with Crippen LogP contribution < -0.4 is 5.32 Å². The number of hydrogen-bond acceptors (Lipinski definition) is 4. The van der Waals surface area contributed by atoms with Crippen molar-refractivity contribution in [1.29, 1.82) is 0 Å². The van der Waals surface area contributed by atoms with Crippen LogP contribution in [-0.4, -0.2) is 27.6 Å². The molecular weight excluding hydrogens is 298 g/mol.